The van der Waals surface area contributed by atoms with Gasteiger partial charge in [0.2, 0.25) is 0 Å². The highest BCUT2D eigenvalue weighted by molar-refractivity contribution is 5.65. The first kappa shape index (κ1) is 13.8. The van der Waals surface area contributed by atoms with Crippen molar-refractivity contribution in [3.05, 3.63) is 41.7 Å². The lowest BCUT2D eigenvalue weighted by molar-refractivity contribution is 0.608. The number of nitrogens with one attached hydrogen (secondary N) is 1. The van der Waals surface area contributed by atoms with E-state index in [1.165, 1.54) is 22.4 Å². The van der Waals surface area contributed by atoms with Crippen LogP contribution in [0.5, 0.6) is 0 Å². The predicted octanol–water partition coefficient (Wildman–Crippen LogP) is 3.03. The van der Waals surface area contributed by atoms with Gasteiger partial charge in [0.15, 0.2) is 0 Å². The molecule has 0 saturated carbocycles. The molecule has 1 atom stereocenters. The number of benzene rings is 1. The van der Waals surface area contributed by atoms with Gasteiger partial charge >= 0.3 is 0 Å². The molecule has 19 heavy (non-hydrogen) atoms. The topological polar surface area (TPSA) is 29.9 Å². The minimum absolute atomic E-state index is 0.510. The molecule has 102 valence electrons. The van der Waals surface area contributed by atoms with E-state index in [2.05, 4.69) is 55.5 Å². The molecule has 0 aliphatic heterocycles. The molecule has 1 unspecified atom stereocenters. The third kappa shape index (κ3) is 3.04. The van der Waals surface area contributed by atoms with E-state index in [-0.39, 0.29) is 0 Å². The molecule has 1 heterocycles. The molecule has 0 fully saturated rings. The molecule has 3 heteroatoms. The summed E-state index contributed by atoms with van der Waals surface area (Å²) in [4.78, 5) is 0. The first-order valence-electron chi connectivity index (χ1n) is 6.94. The number of hydrogen-bond acceptors (Lipinski definition) is 2. The van der Waals surface area contributed by atoms with Crippen molar-refractivity contribution in [2.75, 3.05) is 7.05 Å². The first-order chi connectivity index (χ1) is 9.15. The first-order valence-corrected chi connectivity index (χ1v) is 6.94. The van der Waals surface area contributed by atoms with Crippen molar-refractivity contribution in [3.8, 4) is 11.1 Å². The molecule has 1 N–H and O–H groups in total. The van der Waals surface area contributed by atoms with Gasteiger partial charge in [-0.25, -0.2) is 0 Å². The fourth-order valence-electron chi connectivity index (χ4n) is 2.32. The van der Waals surface area contributed by atoms with Crippen molar-refractivity contribution in [3.63, 3.8) is 0 Å². The van der Waals surface area contributed by atoms with Crippen molar-refractivity contribution < 1.29 is 0 Å². The second kappa shape index (κ2) is 6.02. The fraction of sp³-hybridized carbons (Fsp3) is 0.438. The van der Waals surface area contributed by atoms with Crippen LogP contribution in [0.25, 0.3) is 11.1 Å². The monoisotopic (exact) mass is 257 g/mol. The second-order valence-electron chi connectivity index (χ2n) is 5.05. The highest BCUT2D eigenvalue weighted by Gasteiger charge is 2.08. The van der Waals surface area contributed by atoms with Crippen molar-refractivity contribution in [1.82, 2.24) is 15.1 Å². The van der Waals surface area contributed by atoms with Crippen LogP contribution in [-0.4, -0.2) is 22.9 Å². The minimum atomic E-state index is 0.510. The van der Waals surface area contributed by atoms with E-state index in [1.807, 2.05) is 17.9 Å². The number of rotatable bonds is 5. The van der Waals surface area contributed by atoms with Gasteiger partial charge in [0, 0.05) is 23.8 Å². The number of hydrogen-bond donors (Lipinski definition) is 1. The summed E-state index contributed by atoms with van der Waals surface area (Å²) < 4.78 is 2.03. The molecule has 0 aliphatic carbocycles. The summed E-state index contributed by atoms with van der Waals surface area (Å²) in [6.45, 7) is 7.36. The van der Waals surface area contributed by atoms with Crippen molar-refractivity contribution in [2.24, 2.45) is 0 Å². The Morgan fingerprint density at radius 1 is 1.26 bits per heavy atom. The summed E-state index contributed by atoms with van der Waals surface area (Å²) in [5.74, 6) is 0. The van der Waals surface area contributed by atoms with Gasteiger partial charge in [-0.15, -0.1) is 0 Å². The van der Waals surface area contributed by atoms with Crippen molar-refractivity contribution >= 4 is 0 Å². The molecule has 0 radical (unpaired) electrons. The molecule has 2 rings (SSSR count). The summed E-state index contributed by atoms with van der Waals surface area (Å²) >= 11 is 0. The van der Waals surface area contributed by atoms with E-state index in [9.17, 15) is 0 Å². The molecule has 0 bridgehead atoms. The number of likely N-dealkylation sites (N-methyl/N-ethyl adjacent to an activating group) is 1. The molecular weight excluding hydrogens is 234 g/mol. The van der Waals surface area contributed by atoms with E-state index in [1.54, 1.807) is 0 Å². The van der Waals surface area contributed by atoms with E-state index in [0.717, 1.165) is 13.0 Å². The van der Waals surface area contributed by atoms with Crippen LogP contribution < -0.4 is 5.32 Å². The zero-order valence-electron chi connectivity index (χ0n) is 12.3. The predicted molar refractivity (Wildman–Crippen MR) is 80.3 cm³/mol. The normalized spacial score (nSPS) is 12.6. The maximum atomic E-state index is 4.40. The molecule has 3 nitrogen and oxygen atoms in total. The third-order valence-electron chi connectivity index (χ3n) is 3.70. The van der Waals surface area contributed by atoms with Crippen LogP contribution in [0.15, 0.2) is 30.5 Å². The molecule has 2 aromatic rings. The summed E-state index contributed by atoms with van der Waals surface area (Å²) in [6.07, 6.45) is 3.02. The largest absolute Gasteiger partial charge is 0.317 e. The number of aromatic nitrogens is 2. The molecular formula is C16H23N3. The second-order valence-corrected chi connectivity index (χ2v) is 5.05. The molecule has 0 aliphatic rings. The lowest BCUT2D eigenvalue weighted by Gasteiger charge is -2.10. The smallest absolute Gasteiger partial charge is 0.0571 e. The van der Waals surface area contributed by atoms with Crippen molar-refractivity contribution in [1.29, 1.82) is 0 Å². The van der Waals surface area contributed by atoms with Gasteiger partial charge in [0.1, 0.15) is 0 Å². The Balaban J connectivity index is 2.20. The average molecular weight is 257 g/mol. The molecule has 0 amide bonds. The van der Waals surface area contributed by atoms with Crippen LogP contribution in [0.4, 0.5) is 0 Å². The Morgan fingerprint density at radius 2 is 1.95 bits per heavy atom. The Kier molecular flexibility index (Phi) is 4.38. The van der Waals surface area contributed by atoms with Gasteiger partial charge in [-0.1, -0.05) is 24.3 Å². The van der Waals surface area contributed by atoms with Gasteiger partial charge in [-0.3, -0.25) is 4.68 Å². The van der Waals surface area contributed by atoms with Gasteiger partial charge in [0.05, 0.1) is 6.20 Å². The average Bonchev–Trinajstić information content (AvgIpc) is 2.80. The zero-order chi connectivity index (χ0) is 13.8. The highest BCUT2D eigenvalue weighted by atomic mass is 15.3. The standard InChI is InChI=1S/C16H23N3/c1-5-19-13(3)16(11-18-19)15-8-6-14(7-9-15)10-12(2)17-4/h6-9,11-12,17H,5,10H2,1-4H3. The summed E-state index contributed by atoms with van der Waals surface area (Å²) in [5, 5.41) is 7.67. The van der Waals surface area contributed by atoms with E-state index in [4.69, 9.17) is 0 Å². The lowest BCUT2D eigenvalue weighted by atomic mass is 10.0. The fourth-order valence-corrected chi connectivity index (χ4v) is 2.32. The van der Waals surface area contributed by atoms with Crippen LogP contribution in [0.1, 0.15) is 25.1 Å². The highest BCUT2D eigenvalue weighted by Crippen LogP contribution is 2.23. The third-order valence-corrected chi connectivity index (χ3v) is 3.70. The van der Waals surface area contributed by atoms with Gasteiger partial charge in [-0.05, 0) is 45.4 Å². The molecule has 0 spiro atoms. The Bertz CT molecular complexity index is 525. The Hall–Kier alpha value is -1.61. The number of nitrogens with zero attached hydrogens (tertiary/aromatic N) is 2. The number of aryl methyl sites for hydroxylation is 1. The maximum Gasteiger partial charge on any atom is 0.0571 e. The Morgan fingerprint density at radius 3 is 2.47 bits per heavy atom. The quantitative estimate of drug-likeness (QED) is 0.892. The zero-order valence-corrected chi connectivity index (χ0v) is 12.3. The van der Waals surface area contributed by atoms with Crippen LogP contribution in [0.3, 0.4) is 0 Å². The summed E-state index contributed by atoms with van der Waals surface area (Å²) in [7, 11) is 2.00. The SMILES string of the molecule is CCn1ncc(-c2ccc(CC(C)NC)cc2)c1C. The summed E-state index contributed by atoms with van der Waals surface area (Å²) in [5.41, 5.74) is 5.08. The molecule has 1 aromatic carbocycles. The van der Waals surface area contributed by atoms with E-state index in [0.29, 0.717) is 6.04 Å². The van der Waals surface area contributed by atoms with Gasteiger partial charge in [0.25, 0.3) is 0 Å². The van der Waals surface area contributed by atoms with Crippen molar-refractivity contribution in [2.45, 2.75) is 39.8 Å². The van der Waals surface area contributed by atoms with Gasteiger partial charge < -0.3 is 5.32 Å². The molecule has 0 saturated heterocycles. The lowest BCUT2D eigenvalue weighted by Crippen LogP contribution is -2.23. The van der Waals surface area contributed by atoms with Crippen LogP contribution in [-0.2, 0) is 13.0 Å². The van der Waals surface area contributed by atoms with Crippen LogP contribution in [0.2, 0.25) is 0 Å². The molecule has 1 aromatic heterocycles. The van der Waals surface area contributed by atoms with E-state index < -0.39 is 0 Å². The van der Waals surface area contributed by atoms with Gasteiger partial charge in [-0.2, -0.15) is 5.10 Å². The van der Waals surface area contributed by atoms with Crippen LogP contribution in [0, 0.1) is 6.92 Å². The van der Waals surface area contributed by atoms with E-state index >= 15 is 0 Å². The van der Waals surface area contributed by atoms with Crippen LogP contribution >= 0.6 is 0 Å². The minimum Gasteiger partial charge on any atom is -0.317 e. The summed E-state index contributed by atoms with van der Waals surface area (Å²) in [6, 6.07) is 9.33. The Labute approximate surface area is 115 Å². The maximum absolute atomic E-state index is 4.40.